The first-order valence-electron chi connectivity index (χ1n) is 6.88. The van der Waals surface area contributed by atoms with E-state index in [-0.39, 0.29) is 23.0 Å². The van der Waals surface area contributed by atoms with E-state index in [4.69, 9.17) is 9.16 Å². The molecule has 0 aromatic rings. The lowest BCUT2D eigenvalue weighted by Crippen LogP contribution is -2.40. The Morgan fingerprint density at radius 2 is 2.05 bits per heavy atom. The number of esters is 1. The summed E-state index contributed by atoms with van der Waals surface area (Å²) in [4.78, 5) is 11.2. The third-order valence-corrected chi connectivity index (χ3v) is 8.91. The van der Waals surface area contributed by atoms with Gasteiger partial charge in [-0.15, -0.1) is 0 Å². The van der Waals surface area contributed by atoms with Crippen molar-refractivity contribution in [1.29, 1.82) is 0 Å². The Hall–Kier alpha value is -1.03. The van der Waals surface area contributed by atoms with E-state index in [1.165, 1.54) is 0 Å². The van der Waals surface area contributed by atoms with Crippen molar-refractivity contribution in [3.05, 3.63) is 24.0 Å². The van der Waals surface area contributed by atoms with Gasteiger partial charge in [-0.2, -0.15) is 0 Å². The number of hydrogen-bond donors (Lipinski definition) is 0. The van der Waals surface area contributed by atoms with E-state index >= 15 is 0 Å². The van der Waals surface area contributed by atoms with E-state index in [0.717, 1.165) is 17.8 Å². The first-order valence-corrected chi connectivity index (χ1v) is 9.79. The van der Waals surface area contributed by atoms with Crippen molar-refractivity contribution in [2.45, 2.75) is 57.8 Å². The van der Waals surface area contributed by atoms with Gasteiger partial charge in [0.2, 0.25) is 8.32 Å². The molecule has 2 aliphatic rings. The van der Waals surface area contributed by atoms with Crippen LogP contribution in [0.2, 0.25) is 18.1 Å². The fraction of sp³-hybridized carbons (Fsp3) is 0.667. The predicted molar refractivity (Wildman–Crippen MR) is 78.1 cm³/mol. The quantitative estimate of drug-likeness (QED) is 0.448. The maximum absolute atomic E-state index is 11.2. The van der Waals surface area contributed by atoms with Crippen molar-refractivity contribution in [2.24, 2.45) is 5.92 Å². The topological polar surface area (TPSA) is 35.5 Å². The molecule has 1 saturated heterocycles. The number of carbonyl (C=O) groups is 1. The third-order valence-electron chi connectivity index (χ3n) is 4.54. The predicted octanol–water partition coefficient (Wildman–Crippen LogP) is 3.78. The summed E-state index contributed by atoms with van der Waals surface area (Å²) >= 11 is 0. The van der Waals surface area contributed by atoms with Gasteiger partial charge in [-0.05, 0) is 23.7 Å². The molecule has 2 atom stereocenters. The van der Waals surface area contributed by atoms with Crippen molar-refractivity contribution < 1.29 is 14.0 Å². The minimum absolute atomic E-state index is 0.0160. The maximum Gasteiger partial charge on any atom is 0.306 e. The summed E-state index contributed by atoms with van der Waals surface area (Å²) in [5.74, 6) is 0.917. The Morgan fingerprint density at radius 1 is 1.42 bits per heavy atom. The molecule has 2 unspecified atom stereocenters. The Balaban J connectivity index is 2.03. The molecule has 0 aromatic heterocycles. The van der Waals surface area contributed by atoms with Crippen LogP contribution in [0.1, 0.15) is 33.6 Å². The van der Waals surface area contributed by atoms with Crippen LogP contribution in [0.4, 0.5) is 0 Å². The molecule has 4 heteroatoms. The molecule has 3 nitrogen and oxygen atoms in total. The highest BCUT2D eigenvalue weighted by molar-refractivity contribution is 6.74. The molecule has 1 heterocycles. The number of hydrogen-bond acceptors (Lipinski definition) is 3. The van der Waals surface area contributed by atoms with Crippen LogP contribution in [-0.2, 0) is 14.0 Å². The smallest absolute Gasteiger partial charge is 0.306 e. The van der Waals surface area contributed by atoms with Gasteiger partial charge < -0.3 is 9.16 Å². The van der Waals surface area contributed by atoms with E-state index < -0.39 is 8.32 Å². The summed E-state index contributed by atoms with van der Waals surface area (Å²) < 4.78 is 11.5. The highest BCUT2D eigenvalue weighted by atomic mass is 28.4. The zero-order chi connectivity index (χ0) is 14.4. The van der Waals surface area contributed by atoms with Gasteiger partial charge in [0.25, 0.3) is 0 Å². The highest BCUT2D eigenvalue weighted by Crippen LogP contribution is 2.42. The molecular weight excluding hydrogens is 256 g/mol. The standard InChI is InChI=1S/C15H24O3Si/c1-10(18-19(5,6)15(2,3)4)11-7-12-9-14(16)17-13(12)8-11/h7,12-13H,1,8-9H2,2-6H3. The summed E-state index contributed by atoms with van der Waals surface area (Å²) in [5, 5.41) is 0.164. The van der Waals surface area contributed by atoms with Crippen molar-refractivity contribution in [3.8, 4) is 0 Å². The summed E-state index contributed by atoms with van der Waals surface area (Å²) in [6.07, 6.45) is 3.39. The first kappa shape index (κ1) is 14.4. The fourth-order valence-electron chi connectivity index (χ4n) is 2.26. The summed E-state index contributed by atoms with van der Waals surface area (Å²) in [5.41, 5.74) is 1.12. The van der Waals surface area contributed by atoms with E-state index in [0.29, 0.717) is 6.42 Å². The summed E-state index contributed by atoms with van der Waals surface area (Å²) in [6.45, 7) is 15.2. The van der Waals surface area contributed by atoms with Crippen molar-refractivity contribution in [2.75, 3.05) is 0 Å². The van der Waals surface area contributed by atoms with Crippen LogP contribution >= 0.6 is 0 Å². The zero-order valence-corrected chi connectivity index (χ0v) is 13.6. The average Bonchev–Trinajstić information content (AvgIpc) is 2.71. The lowest BCUT2D eigenvalue weighted by Gasteiger charge is -2.37. The molecule has 1 aliphatic heterocycles. The van der Waals surface area contributed by atoms with Gasteiger partial charge in [-0.1, -0.05) is 33.4 Å². The second-order valence-corrected chi connectivity index (χ2v) is 11.8. The average molecular weight is 280 g/mol. The van der Waals surface area contributed by atoms with Gasteiger partial charge in [0, 0.05) is 12.3 Å². The molecule has 106 valence electrons. The van der Waals surface area contributed by atoms with Crippen LogP contribution < -0.4 is 0 Å². The zero-order valence-electron chi connectivity index (χ0n) is 12.6. The van der Waals surface area contributed by atoms with E-state index in [2.05, 4.69) is 46.5 Å². The number of ether oxygens (including phenoxy) is 1. The Kier molecular flexibility index (Phi) is 3.41. The molecule has 19 heavy (non-hydrogen) atoms. The van der Waals surface area contributed by atoms with Gasteiger partial charge in [0.15, 0.2) is 0 Å². The molecule has 0 saturated carbocycles. The SMILES string of the molecule is C=C(O[Si](C)(C)C(C)(C)C)C1=CC2CC(=O)OC2C1. The summed E-state index contributed by atoms with van der Waals surface area (Å²) in [6, 6.07) is 0. The van der Waals surface area contributed by atoms with Crippen LogP contribution in [-0.4, -0.2) is 20.4 Å². The van der Waals surface area contributed by atoms with Crippen molar-refractivity contribution in [3.63, 3.8) is 0 Å². The van der Waals surface area contributed by atoms with Crippen molar-refractivity contribution >= 4 is 14.3 Å². The molecule has 0 amide bonds. The summed E-state index contributed by atoms with van der Waals surface area (Å²) in [7, 11) is -1.83. The Morgan fingerprint density at radius 3 is 2.58 bits per heavy atom. The molecule has 0 bridgehead atoms. The van der Waals surface area contributed by atoms with Gasteiger partial charge >= 0.3 is 5.97 Å². The number of fused-ring (bicyclic) bond motifs is 1. The van der Waals surface area contributed by atoms with E-state index in [1.807, 2.05) is 0 Å². The minimum Gasteiger partial charge on any atom is -0.544 e. The van der Waals surface area contributed by atoms with Crippen LogP contribution in [0.25, 0.3) is 0 Å². The molecule has 0 aromatic carbocycles. The number of carbonyl (C=O) groups excluding carboxylic acids is 1. The van der Waals surface area contributed by atoms with Gasteiger partial charge in [-0.3, -0.25) is 4.79 Å². The highest BCUT2D eigenvalue weighted by Gasteiger charge is 2.42. The second kappa shape index (κ2) is 4.51. The molecular formula is C15H24O3Si. The molecule has 0 N–H and O–H groups in total. The molecule has 2 rings (SSSR count). The molecule has 1 fully saturated rings. The van der Waals surface area contributed by atoms with Gasteiger partial charge in [0.05, 0.1) is 12.2 Å². The minimum atomic E-state index is -1.83. The lowest BCUT2D eigenvalue weighted by molar-refractivity contribution is -0.141. The molecule has 1 aliphatic carbocycles. The third kappa shape index (κ3) is 2.78. The van der Waals surface area contributed by atoms with Crippen LogP contribution in [0.5, 0.6) is 0 Å². The Labute approximate surface area is 116 Å². The maximum atomic E-state index is 11.2. The number of rotatable bonds is 3. The van der Waals surface area contributed by atoms with E-state index in [9.17, 15) is 4.79 Å². The first-order chi connectivity index (χ1) is 8.60. The molecule has 0 spiro atoms. The number of allylic oxidation sites excluding steroid dienone is 1. The van der Waals surface area contributed by atoms with Gasteiger partial charge in [0.1, 0.15) is 6.10 Å². The van der Waals surface area contributed by atoms with Gasteiger partial charge in [-0.25, -0.2) is 0 Å². The Bertz CT molecular complexity index is 443. The van der Waals surface area contributed by atoms with Crippen LogP contribution in [0.15, 0.2) is 24.0 Å². The van der Waals surface area contributed by atoms with E-state index in [1.54, 1.807) is 0 Å². The van der Waals surface area contributed by atoms with Crippen molar-refractivity contribution in [1.82, 2.24) is 0 Å². The largest absolute Gasteiger partial charge is 0.544 e. The monoisotopic (exact) mass is 280 g/mol. The fourth-order valence-corrected chi connectivity index (χ4v) is 3.32. The van der Waals surface area contributed by atoms with Crippen LogP contribution in [0.3, 0.4) is 0 Å². The van der Waals surface area contributed by atoms with Crippen LogP contribution in [0, 0.1) is 5.92 Å². The second-order valence-electron chi connectivity index (χ2n) is 7.08. The lowest BCUT2D eigenvalue weighted by atomic mass is 10.1. The normalized spacial score (nSPS) is 26.8. The molecule has 0 radical (unpaired) electrons.